The first-order valence-corrected chi connectivity index (χ1v) is 9.12. The van der Waals surface area contributed by atoms with Crippen LogP contribution in [0.15, 0.2) is 54.7 Å². The van der Waals surface area contributed by atoms with Crippen LogP contribution in [0.1, 0.15) is 27.6 Å². The molecule has 2 aromatic carbocycles. The van der Waals surface area contributed by atoms with Crippen molar-refractivity contribution in [2.75, 3.05) is 0 Å². The Morgan fingerprint density at radius 3 is 2.64 bits per heavy atom. The molecule has 0 unspecified atom stereocenters. The van der Waals surface area contributed by atoms with E-state index in [1.165, 1.54) is 0 Å². The summed E-state index contributed by atoms with van der Waals surface area (Å²) in [5, 5.41) is 2.98. The van der Waals surface area contributed by atoms with E-state index in [0.717, 1.165) is 28.0 Å². The summed E-state index contributed by atoms with van der Waals surface area (Å²) in [6, 6.07) is 15.7. The summed E-state index contributed by atoms with van der Waals surface area (Å²) in [6.45, 7) is 4.20. The quantitative estimate of drug-likeness (QED) is 0.595. The Kier molecular flexibility index (Phi) is 4.61. The van der Waals surface area contributed by atoms with E-state index >= 15 is 0 Å². The van der Waals surface area contributed by atoms with Crippen LogP contribution in [0.5, 0.6) is 0 Å². The van der Waals surface area contributed by atoms with Gasteiger partial charge in [0, 0.05) is 25.4 Å². The lowest BCUT2D eigenvalue weighted by atomic mass is 10.1. The third kappa shape index (κ3) is 3.36. The number of amides is 1. The van der Waals surface area contributed by atoms with E-state index in [9.17, 15) is 4.79 Å². The Balaban J connectivity index is 1.58. The number of aryl methyl sites for hydroxylation is 3. The van der Waals surface area contributed by atoms with E-state index in [-0.39, 0.29) is 5.91 Å². The van der Waals surface area contributed by atoms with E-state index in [1.807, 2.05) is 74.0 Å². The molecule has 0 atom stereocenters. The van der Waals surface area contributed by atoms with E-state index in [0.29, 0.717) is 23.6 Å². The van der Waals surface area contributed by atoms with Gasteiger partial charge in [-0.05, 0) is 31.5 Å². The van der Waals surface area contributed by atoms with Crippen LogP contribution in [0, 0.1) is 13.8 Å². The van der Waals surface area contributed by atoms with Crippen molar-refractivity contribution in [1.29, 1.82) is 0 Å². The molecule has 0 aliphatic heterocycles. The maximum atomic E-state index is 12.8. The second-order valence-corrected chi connectivity index (χ2v) is 6.77. The van der Waals surface area contributed by atoms with Gasteiger partial charge in [-0.2, -0.15) is 0 Å². The summed E-state index contributed by atoms with van der Waals surface area (Å²) in [5.74, 6) is 1.39. The molecule has 0 saturated carbocycles. The van der Waals surface area contributed by atoms with Gasteiger partial charge in [0.1, 0.15) is 11.6 Å². The molecule has 6 nitrogen and oxygen atoms in total. The second-order valence-electron chi connectivity index (χ2n) is 6.77. The first kappa shape index (κ1) is 17.9. The standard InChI is InChI=1S/C22H21N5O/c1-14-23-13-18(21(25-14)17-7-5-4-6-8-17)22(28)24-12-16-9-10-20-19(11-16)26-15(2)27(20)3/h4-11,13H,12H2,1-3H3,(H,24,28). The Morgan fingerprint density at radius 1 is 1.07 bits per heavy atom. The highest BCUT2D eigenvalue weighted by Gasteiger charge is 2.15. The van der Waals surface area contributed by atoms with Gasteiger partial charge < -0.3 is 9.88 Å². The number of rotatable bonds is 4. The van der Waals surface area contributed by atoms with Crippen molar-refractivity contribution in [3.05, 3.63) is 77.5 Å². The Bertz CT molecular complexity index is 1160. The van der Waals surface area contributed by atoms with Gasteiger partial charge in [0.2, 0.25) is 0 Å². The number of carbonyl (C=O) groups is 1. The molecule has 0 aliphatic carbocycles. The van der Waals surface area contributed by atoms with E-state index in [1.54, 1.807) is 6.20 Å². The van der Waals surface area contributed by atoms with Crippen LogP contribution in [0.25, 0.3) is 22.3 Å². The molecule has 0 radical (unpaired) electrons. The number of hydrogen-bond donors (Lipinski definition) is 1. The molecule has 6 heteroatoms. The van der Waals surface area contributed by atoms with E-state index < -0.39 is 0 Å². The zero-order valence-electron chi connectivity index (χ0n) is 16.1. The minimum atomic E-state index is -0.198. The molecule has 0 fully saturated rings. The van der Waals surface area contributed by atoms with Gasteiger partial charge in [0.15, 0.2) is 0 Å². The molecule has 4 aromatic rings. The predicted octanol–water partition coefficient (Wildman–Crippen LogP) is 3.58. The lowest BCUT2D eigenvalue weighted by Gasteiger charge is -2.10. The fraction of sp³-hybridized carbons (Fsp3) is 0.182. The average molecular weight is 371 g/mol. The fourth-order valence-electron chi connectivity index (χ4n) is 3.21. The van der Waals surface area contributed by atoms with Crippen molar-refractivity contribution in [3.63, 3.8) is 0 Å². The molecular weight excluding hydrogens is 350 g/mol. The summed E-state index contributed by atoms with van der Waals surface area (Å²) in [5.41, 5.74) is 4.99. The monoisotopic (exact) mass is 371 g/mol. The number of carbonyl (C=O) groups excluding carboxylic acids is 1. The summed E-state index contributed by atoms with van der Waals surface area (Å²) in [6.07, 6.45) is 1.59. The minimum Gasteiger partial charge on any atom is -0.348 e. The molecule has 1 N–H and O–H groups in total. The Labute approximate surface area is 163 Å². The van der Waals surface area contributed by atoms with Crippen LogP contribution >= 0.6 is 0 Å². The van der Waals surface area contributed by atoms with Crippen molar-refractivity contribution in [2.45, 2.75) is 20.4 Å². The highest BCUT2D eigenvalue weighted by Crippen LogP contribution is 2.21. The number of nitrogens with one attached hydrogen (secondary N) is 1. The van der Waals surface area contributed by atoms with Crippen LogP contribution in [-0.4, -0.2) is 25.4 Å². The number of aromatic nitrogens is 4. The Morgan fingerprint density at radius 2 is 1.86 bits per heavy atom. The zero-order chi connectivity index (χ0) is 19.7. The molecule has 2 aromatic heterocycles. The van der Waals surface area contributed by atoms with Crippen molar-refractivity contribution in [2.24, 2.45) is 7.05 Å². The van der Waals surface area contributed by atoms with Gasteiger partial charge in [0.05, 0.1) is 22.3 Å². The van der Waals surface area contributed by atoms with Crippen molar-refractivity contribution >= 4 is 16.9 Å². The number of benzene rings is 2. The molecule has 0 spiro atoms. The summed E-state index contributed by atoms with van der Waals surface area (Å²) in [7, 11) is 1.99. The highest BCUT2D eigenvalue weighted by atomic mass is 16.1. The molecule has 0 aliphatic rings. The lowest BCUT2D eigenvalue weighted by Crippen LogP contribution is -2.24. The topological polar surface area (TPSA) is 72.7 Å². The third-order valence-corrected chi connectivity index (χ3v) is 4.82. The normalized spacial score (nSPS) is 11.0. The number of nitrogens with zero attached hydrogens (tertiary/aromatic N) is 4. The van der Waals surface area contributed by atoms with Crippen molar-refractivity contribution < 1.29 is 4.79 Å². The van der Waals surface area contributed by atoms with Gasteiger partial charge in [-0.15, -0.1) is 0 Å². The van der Waals surface area contributed by atoms with Crippen molar-refractivity contribution in [3.8, 4) is 11.3 Å². The van der Waals surface area contributed by atoms with Crippen LogP contribution in [0.3, 0.4) is 0 Å². The van der Waals surface area contributed by atoms with Crippen LogP contribution < -0.4 is 5.32 Å². The van der Waals surface area contributed by atoms with Gasteiger partial charge in [-0.1, -0.05) is 36.4 Å². The summed E-state index contributed by atoms with van der Waals surface area (Å²) in [4.78, 5) is 26.1. The second kappa shape index (κ2) is 7.23. The lowest BCUT2D eigenvalue weighted by molar-refractivity contribution is 0.0951. The maximum absolute atomic E-state index is 12.8. The highest BCUT2D eigenvalue weighted by molar-refractivity contribution is 5.99. The van der Waals surface area contributed by atoms with Gasteiger partial charge in [0.25, 0.3) is 5.91 Å². The number of hydrogen-bond acceptors (Lipinski definition) is 4. The molecule has 1 amide bonds. The number of imidazole rings is 1. The molecule has 0 bridgehead atoms. The van der Waals surface area contributed by atoms with Crippen LogP contribution in [0.2, 0.25) is 0 Å². The fourth-order valence-corrected chi connectivity index (χ4v) is 3.21. The average Bonchev–Trinajstić information content (AvgIpc) is 3.00. The maximum Gasteiger partial charge on any atom is 0.255 e. The van der Waals surface area contributed by atoms with Gasteiger partial charge in [-0.3, -0.25) is 4.79 Å². The van der Waals surface area contributed by atoms with Crippen LogP contribution in [-0.2, 0) is 13.6 Å². The van der Waals surface area contributed by atoms with Crippen LogP contribution in [0.4, 0.5) is 0 Å². The van der Waals surface area contributed by atoms with E-state index in [2.05, 4.69) is 20.3 Å². The SMILES string of the molecule is Cc1ncc(C(=O)NCc2ccc3c(c2)nc(C)n3C)c(-c2ccccc2)n1. The van der Waals surface area contributed by atoms with Gasteiger partial charge >= 0.3 is 0 Å². The van der Waals surface area contributed by atoms with E-state index in [4.69, 9.17) is 0 Å². The third-order valence-electron chi connectivity index (χ3n) is 4.82. The zero-order valence-corrected chi connectivity index (χ0v) is 16.1. The minimum absolute atomic E-state index is 0.198. The summed E-state index contributed by atoms with van der Waals surface area (Å²) >= 11 is 0. The molecule has 28 heavy (non-hydrogen) atoms. The van der Waals surface area contributed by atoms with Crippen molar-refractivity contribution in [1.82, 2.24) is 24.8 Å². The van der Waals surface area contributed by atoms with Gasteiger partial charge in [-0.25, -0.2) is 15.0 Å². The molecular formula is C22H21N5O. The Hall–Kier alpha value is -3.54. The molecule has 4 rings (SSSR count). The number of fused-ring (bicyclic) bond motifs is 1. The summed E-state index contributed by atoms with van der Waals surface area (Å²) < 4.78 is 2.05. The predicted molar refractivity (Wildman–Crippen MR) is 109 cm³/mol. The molecule has 0 saturated heterocycles. The smallest absolute Gasteiger partial charge is 0.255 e. The first-order valence-electron chi connectivity index (χ1n) is 9.12. The molecule has 140 valence electrons. The largest absolute Gasteiger partial charge is 0.348 e. The first-order chi connectivity index (χ1) is 13.5. The molecule has 2 heterocycles.